The smallest absolute Gasteiger partial charge is 0.272 e. The van der Waals surface area contributed by atoms with E-state index < -0.39 is 12.6 Å². The van der Waals surface area contributed by atoms with Crippen molar-refractivity contribution in [1.82, 2.24) is 5.32 Å². The molecule has 98 valence electrons. The maximum absolute atomic E-state index is 11.4. The number of ether oxygens (including phenoxy) is 1. The van der Waals surface area contributed by atoms with Gasteiger partial charge in [0.2, 0.25) is 0 Å². The molecule has 1 N–H and O–H groups in total. The van der Waals surface area contributed by atoms with Gasteiger partial charge in [0.25, 0.3) is 5.91 Å². The summed E-state index contributed by atoms with van der Waals surface area (Å²) in [4.78, 5) is 25.6. The highest BCUT2D eigenvalue weighted by Crippen LogP contribution is 2.13. The summed E-state index contributed by atoms with van der Waals surface area (Å²) in [5.41, 5.74) is 1.20. The Labute approximate surface area is 114 Å². The van der Waals surface area contributed by atoms with Gasteiger partial charge in [-0.2, -0.15) is 0 Å². The molecular weight excluding hydrogens is 268 g/mol. The lowest BCUT2D eigenvalue weighted by atomic mass is 10.1. The maximum Gasteiger partial charge on any atom is 0.272 e. The van der Waals surface area contributed by atoms with E-state index in [-0.39, 0.29) is 11.0 Å². The molecule has 0 spiro atoms. The molecule has 1 amide bonds. The zero-order valence-corrected chi connectivity index (χ0v) is 10.5. The summed E-state index contributed by atoms with van der Waals surface area (Å²) < 4.78 is 4.94. The van der Waals surface area contributed by atoms with Crippen LogP contribution in [0.25, 0.3) is 0 Å². The summed E-state index contributed by atoms with van der Waals surface area (Å²) >= 11 is 4.77. The van der Waals surface area contributed by atoms with Crippen LogP contribution >= 0.6 is 12.2 Å². The fourth-order valence-corrected chi connectivity index (χ4v) is 1.73. The molecule has 1 aliphatic rings. The number of aliphatic imine (C=N–C) groups is 1. The van der Waals surface area contributed by atoms with Crippen molar-refractivity contribution in [1.29, 1.82) is 0 Å². The van der Waals surface area contributed by atoms with Crippen LogP contribution in [-0.4, -0.2) is 29.3 Å². The van der Waals surface area contributed by atoms with Gasteiger partial charge in [-0.05, 0) is 29.9 Å². The Morgan fingerprint density at radius 1 is 1.37 bits per heavy atom. The highest BCUT2D eigenvalue weighted by atomic mass is 32.1. The molecule has 2 rings (SSSR count). The monoisotopic (exact) mass is 277 g/mol. The van der Waals surface area contributed by atoms with Crippen LogP contribution < -0.4 is 15.2 Å². The van der Waals surface area contributed by atoms with Crippen LogP contribution in [0, 0.1) is 0 Å². The SMILES string of the molecule is O=C([O-])COc1ccc(CC2=NC(=S)NC2=O)cc1. The number of carbonyl (C=O) groups excluding carboxylic acids is 2. The first kappa shape index (κ1) is 13.2. The van der Waals surface area contributed by atoms with Crippen molar-refractivity contribution in [3.05, 3.63) is 29.8 Å². The molecule has 0 saturated heterocycles. The predicted molar refractivity (Wildman–Crippen MR) is 68.8 cm³/mol. The number of thiocarbonyl (C=S) groups is 1. The molecular formula is C12H9N2O4S-. The number of carboxylic acids is 1. The molecule has 7 heteroatoms. The zero-order valence-electron chi connectivity index (χ0n) is 9.71. The Balaban J connectivity index is 1.99. The van der Waals surface area contributed by atoms with E-state index in [1.165, 1.54) is 0 Å². The molecule has 0 aromatic heterocycles. The Morgan fingerprint density at radius 3 is 2.58 bits per heavy atom. The van der Waals surface area contributed by atoms with Gasteiger partial charge in [-0.3, -0.25) is 10.1 Å². The molecule has 0 bridgehead atoms. The van der Waals surface area contributed by atoms with Crippen LogP contribution in [0.3, 0.4) is 0 Å². The average Bonchev–Trinajstić information content (AvgIpc) is 2.67. The first-order chi connectivity index (χ1) is 9.04. The molecule has 1 heterocycles. The van der Waals surface area contributed by atoms with Crippen molar-refractivity contribution in [2.45, 2.75) is 6.42 Å². The number of rotatable bonds is 5. The van der Waals surface area contributed by atoms with E-state index in [1.807, 2.05) is 0 Å². The quantitative estimate of drug-likeness (QED) is 0.712. The summed E-state index contributed by atoms with van der Waals surface area (Å²) in [5.74, 6) is -1.15. The van der Waals surface area contributed by atoms with Crippen molar-refractivity contribution >= 4 is 34.9 Å². The summed E-state index contributed by atoms with van der Waals surface area (Å²) in [6.45, 7) is -0.497. The summed E-state index contributed by atoms with van der Waals surface area (Å²) in [6.07, 6.45) is 0.354. The minimum absolute atomic E-state index is 0.175. The van der Waals surface area contributed by atoms with Gasteiger partial charge in [-0.25, -0.2) is 4.99 Å². The second kappa shape index (κ2) is 5.57. The number of nitrogens with one attached hydrogen (secondary N) is 1. The third-order valence-electron chi connectivity index (χ3n) is 2.37. The van der Waals surface area contributed by atoms with Crippen LogP contribution in [0.5, 0.6) is 5.75 Å². The lowest BCUT2D eigenvalue weighted by Gasteiger charge is -2.07. The standard InChI is InChI=1S/C12H10N2O4S/c15-10(16)6-18-8-3-1-7(2-4-8)5-9-11(17)14-12(19)13-9/h1-4H,5-6H2,(H,15,16)(H,14,17,19)/p-1. The first-order valence-corrected chi connectivity index (χ1v) is 5.80. The molecule has 0 unspecified atom stereocenters. The number of hydrogen-bond donors (Lipinski definition) is 1. The Bertz CT molecular complexity index is 566. The number of aliphatic carboxylic acids is 1. The van der Waals surface area contributed by atoms with Crippen molar-refractivity contribution in [2.75, 3.05) is 6.61 Å². The van der Waals surface area contributed by atoms with Crippen molar-refractivity contribution in [2.24, 2.45) is 4.99 Å². The molecule has 0 radical (unpaired) electrons. The highest BCUT2D eigenvalue weighted by molar-refractivity contribution is 7.80. The van der Waals surface area contributed by atoms with E-state index >= 15 is 0 Å². The largest absolute Gasteiger partial charge is 0.546 e. The van der Waals surface area contributed by atoms with E-state index in [2.05, 4.69) is 10.3 Å². The van der Waals surface area contributed by atoms with E-state index in [9.17, 15) is 14.7 Å². The summed E-state index contributed by atoms with van der Waals surface area (Å²) in [5, 5.41) is 12.8. The lowest BCUT2D eigenvalue weighted by Crippen LogP contribution is -2.28. The number of amides is 1. The third-order valence-corrected chi connectivity index (χ3v) is 2.56. The van der Waals surface area contributed by atoms with E-state index in [4.69, 9.17) is 17.0 Å². The Kier molecular flexibility index (Phi) is 3.86. The average molecular weight is 277 g/mol. The summed E-state index contributed by atoms with van der Waals surface area (Å²) in [6, 6.07) is 6.68. The molecule has 1 aromatic rings. The van der Waals surface area contributed by atoms with Gasteiger partial charge < -0.3 is 14.6 Å². The van der Waals surface area contributed by atoms with Crippen LogP contribution in [0.4, 0.5) is 0 Å². The highest BCUT2D eigenvalue weighted by Gasteiger charge is 2.20. The number of hydrogen-bond acceptors (Lipinski definition) is 5. The molecule has 6 nitrogen and oxygen atoms in total. The lowest BCUT2D eigenvalue weighted by molar-refractivity contribution is -0.307. The van der Waals surface area contributed by atoms with Gasteiger partial charge >= 0.3 is 0 Å². The van der Waals surface area contributed by atoms with E-state index in [1.54, 1.807) is 24.3 Å². The van der Waals surface area contributed by atoms with Gasteiger partial charge in [-0.1, -0.05) is 12.1 Å². The minimum Gasteiger partial charge on any atom is -0.546 e. The second-order valence-electron chi connectivity index (χ2n) is 3.80. The first-order valence-electron chi connectivity index (χ1n) is 5.39. The zero-order chi connectivity index (χ0) is 13.8. The van der Waals surface area contributed by atoms with E-state index in [0.29, 0.717) is 17.9 Å². The van der Waals surface area contributed by atoms with Gasteiger partial charge in [0, 0.05) is 6.42 Å². The Morgan fingerprint density at radius 2 is 2.05 bits per heavy atom. The molecule has 1 aromatic carbocycles. The van der Waals surface area contributed by atoms with Crippen LogP contribution in [0.2, 0.25) is 0 Å². The molecule has 0 saturated carbocycles. The number of carboxylic acid groups (broad SMARTS) is 1. The van der Waals surface area contributed by atoms with Crippen LogP contribution in [-0.2, 0) is 16.0 Å². The van der Waals surface area contributed by atoms with Crippen LogP contribution in [0.15, 0.2) is 29.3 Å². The summed E-state index contributed by atoms with van der Waals surface area (Å²) in [7, 11) is 0. The fraction of sp³-hybridized carbons (Fsp3) is 0.167. The molecule has 0 aliphatic carbocycles. The number of benzene rings is 1. The number of carbonyl (C=O) groups is 2. The molecule has 0 atom stereocenters. The topological polar surface area (TPSA) is 90.8 Å². The van der Waals surface area contributed by atoms with Crippen molar-refractivity contribution in [3.63, 3.8) is 0 Å². The Hall–Kier alpha value is -2.28. The minimum atomic E-state index is -1.28. The normalized spacial score (nSPS) is 14.0. The third kappa shape index (κ3) is 3.59. The molecule has 1 aliphatic heterocycles. The van der Waals surface area contributed by atoms with E-state index in [0.717, 1.165) is 5.56 Å². The van der Waals surface area contributed by atoms with Gasteiger partial charge in [0.1, 0.15) is 18.1 Å². The second-order valence-corrected chi connectivity index (χ2v) is 4.19. The van der Waals surface area contributed by atoms with Gasteiger partial charge in [0.15, 0.2) is 5.11 Å². The number of nitrogens with zero attached hydrogens (tertiary/aromatic N) is 1. The van der Waals surface area contributed by atoms with Gasteiger partial charge in [0.05, 0.1) is 5.97 Å². The van der Waals surface area contributed by atoms with Gasteiger partial charge in [-0.15, -0.1) is 0 Å². The predicted octanol–water partition coefficient (Wildman–Crippen LogP) is -0.787. The maximum atomic E-state index is 11.4. The van der Waals surface area contributed by atoms with Crippen molar-refractivity contribution in [3.8, 4) is 5.75 Å². The molecule has 0 fully saturated rings. The van der Waals surface area contributed by atoms with Crippen molar-refractivity contribution < 1.29 is 19.4 Å². The molecule has 19 heavy (non-hydrogen) atoms. The fourth-order valence-electron chi connectivity index (χ4n) is 1.53. The van der Waals surface area contributed by atoms with Crippen LogP contribution in [0.1, 0.15) is 5.56 Å².